The van der Waals surface area contributed by atoms with Crippen molar-refractivity contribution in [3.05, 3.63) is 76.0 Å². The minimum Gasteiger partial charge on any atom is -0.493 e. The van der Waals surface area contributed by atoms with Gasteiger partial charge in [0.25, 0.3) is 0 Å². The minimum absolute atomic E-state index is 0.0383. The molecule has 0 radical (unpaired) electrons. The van der Waals surface area contributed by atoms with E-state index in [1.807, 2.05) is 24.3 Å². The molecule has 3 aliphatic rings. The number of halogens is 1. The van der Waals surface area contributed by atoms with Gasteiger partial charge in [0, 0.05) is 17.0 Å². The molecule has 0 spiro atoms. The number of nitrogens with zero attached hydrogens (tertiary/aromatic N) is 1. The van der Waals surface area contributed by atoms with Crippen molar-refractivity contribution in [1.82, 2.24) is 0 Å². The molecular formula is C27H22ClNO8. The molecule has 0 saturated heterocycles. The lowest BCUT2D eigenvalue weighted by Crippen LogP contribution is -2.34. The van der Waals surface area contributed by atoms with Crippen LogP contribution in [-0.4, -0.2) is 40.7 Å². The predicted octanol–water partition coefficient (Wildman–Crippen LogP) is 4.85. The standard InChI is InChI=1S/C27H22ClNO8/c1-31-22-8-14(9-23(32-2)26(22)33-3)24-17-10-20-21(36-13-35-20)11-18(17)29(19-12-34-27(30)25(19)24)37-16-6-4-15(28)5-7-16/h4-11,24H,12-13H2,1-3H3. The summed E-state index contributed by atoms with van der Waals surface area (Å²) in [5.41, 5.74) is 3.19. The average Bonchev–Trinajstić information content (AvgIpc) is 3.54. The average molecular weight is 524 g/mol. The monoisotopic (exact) mass is 523 g/mol. The quantitative estimate of drug-likeness (QED) is 0.421. The number of benzene rings is 3. The molecule has 10 heteroatoms. The Balaban J connectivity index is 1.57. The zero-order chi connectivity index (χ0) is 25.7. The number of rotatable bonds is 6. The number of fused-ring (bicyclic) bond motifs is 2. The molecule has 0 fully saturated rings. The first kappa shape index (κ1) is 23.2. The number of carbonyl (C=O) groups excluding carboxylic acids is 1. The second kappa shape index (κ2) is 9.01. The van der Waals surface area contributed by atoms with E-state index in [0.717, 1.165) is 11.1 Å². The van der Waals surface area contributed by atoms with Gasteiger partial charge in [-0.1, -0.05) is 11.6 Å². The Labute approximate surface area is 217 Å². The van der Waals surface area contributed by atoms with Gasteiger partial charge in [-0.25, -0.2) is 4.79 Å². The van der Waals surface area contributed by atoms with Crippen molar-refractivity contribution >= 4 is 23.3 Å². The topological polar surface area (TPSA) is 84.9 Å². The van der Waals surface area contributed by atoms with E-state index in [1.54, 1.807) is 43.5 Å². The Bertz CT molecular complexity index is 1410. The molecule has 3 heterocycles. The molecule has 190 valence electrons. The van der Waals surface area contributed by atoms with Crippen LogP contribution in [0.4, 0.5) is 5.69 Å². The normalized spacial score (nSPS) is 17.2. The summed E-state index contributed by atoms with van der Waals surface area (Å²) < 4.78 is 33.6. The maximum atomic E-state index is 13.2. The van der Waals surface area contributed by atoms with Gasteiger partial charge in [0.1, 0.15) is 12.3 Å². The van der Waals surface area contributed by atoms with Gasteiger partial charge in [-0.15, -0.1) is 0 Å². The van der Waals surface area contributed by atoms with Crippen LogP contribution in [0, 0.1) is 0 Å². The third-order valence-electron chi connectivity index (χ3n) is 6.49. The zero-order valence-electron chi connectivity index (χ0n) is 20.2. The fourth-order valence-corrected chi connectivity index (χ4v) is 4.96. The van der Waals surface area contributed by atoms with E-state index < -0.39 is 11.9 Å². The number of hydrogen-bond donors (Lipinski definition) is 0. The molecule has 6 rings (SSSR count). The van der Waals surface area contributed by atoms with Gasteiger partial charge in [0.05, 0.1) is 32.6 Å². The van der Waals surface area contributed by atoms with Gasteiger partial charge in [-0.2, -0.15) is 5.06 Å². The van der Waals surface area contributed by atoms with Crippen LogP contribution in [0.5, 0.6) is 34.5 Å². The van der Waals surface area contributed by atoms with Gasteiger partial charge < -0.3 is 33.3 Å². The van der Waals surface area contributed by atoms with Gasteiger partial charge >= 0.3 is 5.97 Å². The molecule has 9 nitrogen and oxygen atoms in total. The Morgan fingerprint density at radius 1 is 0.892 bits per heavy atom. The van der Waals surface area contributed by atoms with Crippen molar-refractivity contribution in [3.8, 4) is 34.5 Å². The Kier molecular flexibility index (Phi) is 5.64. The Hall–Kier alpha value is -4.24. The summed E-state index contributed by atoms with van der Waals surface area (Å²) in [7, 11) is 4.63. The second-order valence-electron chi connectivity index (χ2n) is 8.43. The number of ether oxygens (including phenoxy) is 6. The number of esters is 1. The highest BCUT2D eigenvalue weighted by atomic mass is 35.5. The zero-order valence-corrected chi connectivity index (χ0v) is 21.0. The lowest BCUT2D eigenvalue weighted by molar-refractivity contribution is -0.136. The van der Waals surface area contributed by atoms with E-state index in [0.29, 0.717) is 56.5 Å². The fourth-order valence-electron chi connectivity index (χ4n) is 4.83. The molecule has 0 aromatic heterocycles. The number of cyclic esters (lactones) is 1. The maximum Gasteiger partial charge on any atom is 0.337 e. The summed E-state index contributed by atoms with van der Waals surface area (Å²) in [4.78, 5) is 19.5. The highest BCUT2D eigenvalue weighted by Crippen LogP contribution is 2.53. The first-order valence-electron chi connectivity index (χ1n) is 11.4. The lowest BCUT2D eigenvalue weighted by Gasteiger charge is -2.35. The number of anilines is 1. The van der Waals surface area contributed by atoms with Gasteiger partial charge in [-0.05, 0) is 53.6 Å². The van der Waals surface area contributed by atoms with Crippen LogP contribution in [0.3, 0.4) is 0 Å². The molecule has 3 aromatic carbocycles. The predicted molar refractivity (Wildman–Crippen MR) is 133 cm³/mol. The molecular weight excluding hydrogens is 502 g/mol. The van der Waals surface area contributed by atoms with Crippen molar-refractivity contribution in [3.63, 3.8) is 0 Å². The largest absolute Gasteiger partial charge is 0.493 e. The van der Waals surface area contributed by atoms with Crippen molar-refractivity contribution in [2.24, 2.45) is 0 Å². The molecule has 37 heavy (non-hydrogen) atoms. The smallest absolute Gasteiger partial charge is 0.337 e. The van der Waals surface area contributed by atoms with Crippen molar-refractivity contribution in [1.29, 1.82) is 0 Å². The van der Waals surface area contributed by atoms with E-state index in [1.165, 1.54) is 7.11 Å². The van der Waals surface area contributed by atoms with Crippen LogP contribution in [0.15, 0.2) is 59.8 Å². The molecule has 3 aliphatic heterocycles. The van der Waals surface area contributed by atoms with E-state index >= 15 is 0 Å². The highest BCUT2D eigenvalue weighted by molar-refractivity contribution is 6.30. The Morgan fingerprint density at radius 3 is 2.22 bits per heavy atom. The highest BCUT2D eigenvalue weighted by Gasteiger charge is 2.44. The third kappa shape index (κ3) is 3.74. The molecule has 3 aromatic rings. The Morgan fingerprint density at radius 2 is 1.57 bits per heavy atom. The summed E-state index contributed by atoms with van der Waals surface area (Å²) in [6.45, 7) is 0.136. The van der Waals surface area contributed by atoms with Crippen LogP contribution in [0.1, 0.15) is 17.0 Å². The number of hydroxylamine groups is 1. The number of hydrogen-bond acceptors (Lipinski definition) is 9. The summed E-state index contributed by atoms with van der Waals surface area (Å²) in [5.74, 6) is 2.08. The van der Waals surface area contributed by atoms with Crippen LogP contribution in [-0.2, 0) is 9.53 Å². The van der Waals surface area contributed by atoms with Gasteiger partial charge in [0.2, 0.25) is 12.5 Å². The van der Waals surface area contributed by atoms with Gasteiger partial charge in [-0.3, -0.25) is 0 Å². The number of carbonyl (C=O) groups is 1. The van der Waals surface area contributed by atoms with E-state index in [4.69, 9.17) is 44.9 Å². The van der Waals surface area contributed by atoms with Crippen molar-refractivity contribution in [2.75, 3.05) is 39.8 Å². The molecule has 1 unspecified atom stereocenters. The first-order valence-corrected chi connectivity index (χ1v) is 11.8. The molecule has 0 aliphatic carbocycles. The first-order chi connectivity index (χ1) is 18.0. The van der Waals surface area contributed by atoms with Crippen LogP contribution in [0.25, 0.3) is 0 Å². The summed E-state index contributed by atoms with van der Waals surface area (Å²) in [6, 6.07) is 14.3. The fraction of sp³-hybridized carbons (Fsp3) is 0.222. The van der Waals surface area contributed by atoms with E-state index in [-0.39, 0.29) is 13.4 Å². The molecule has 0 N–H and O–H groups in total. The molecule has 0 saturated carbocycles. The maximum absolute atomic E-state index is 13.2. The van der Waals surface area contributed by atoms with Crippen LogP contribution >= 0.6 is 11.6 Å². The summed E-state index contributed by atoms with van der Waals surface area (Å²) in [6.07, 6.45) is 0. The van der Waals surface area contributed by atoms with Crippen molar-refractivity contribution in [2.45, 2.75) is 5.92 Å². The SMILES string of the molecule is COc1cc(C2C3=C(COC3=O)N(Oc3ccc(Cl)cc3)c3cc4c(cc32)OCO4)cc(OC)c1OC. The van der Waals surface area contributed by atoms with Gasteiger partial charge in [0.15, 0.2) is 28.7 Å². The van der Waals surface area contributed by atoms with E-state index in [2.05, 4.69) is 0 Å². The minimum atomic E-state index is -0.534. The number of methoxy groups -OCH3 is 3. The van der Waals surface area contributed by atoms with Crippen molar-refractivity contribution < 1.29 is 38.1 Å². The van der Waals surface area contributed by atoms with E-state index in [9.17, 15) is 4.79 Å². The third-order valence-corrected chi connectivity index (χ3v) is 6.74. The summed E-state index contributed by atoms with van der Waals surface area (Å²) >= 11 is 6.06. The second-order valence-corrected chi connectivity index (χ2v) is 8.87. The molecule has 0 bridgehead atoms. The lowest BCUT2D eigenvalue weighted by atomic mass is 9.80. The van der Waals surface area contributed by atoms with Crippen LogP contribution < -0.4 is 33.6 Å². The molecule has 0 amide bonds. The molecule has 1 atom stereocenters. The summed E-state index contributed by atoms with van der Waals surface area (Å²) in [5, 5.41) is 2.19. The van der Waals surface area contributed by atoms with Crippen LogP contribution in [0.2, 0.25) is 5.02 Å².